The SMILES string of the molecule is CC1CC(C)CN(Cc2ccc(CNC(=O)C=Cc3nc4ccccc4o3)cc2)C1. The van der Waals surface area contributed by atoms with E-state index in [1.54, 1.807) is 6.08 Å². The molecule has 3 aromatic rings. The zero-order valence-electron chi connectivity index (χ0n) is 17.7. The van der Waals surface area contributed by atoms with Gasteiger partial charge in [0.1, 0.15) is 5.52 Å². The number of carbonyl (C=O) groups excluding carboxylic acids is 1. The third-order valence-corrected chi connectivity index (χ3v) is 5.53. The summed E-state index contributed by atoms with van der Waals surface area (Å²) in [5.41, 5.74) is 3.90. The number of benzene rings is 2. The lowest BCUT2D eigenvalue weighted by Crippen LogP contribution is -2.38. The number of likely N-dealkylation sites (tertiary alicyclic amines) is 1. The van der Waals surface area contributed by atoms with Crippen LogP contribution in [-0.2, 0) is 17.9 Å². The fourth-order valence-electron chi connectivity index (χ4n) is 4.30. The van der Waals surface area contributed by atoms with E-state index in [0.717, 1.165) is 29.5 Å². The highest BCUT2D eigenvalue weighted by atomic mass is 16.3. The third kappa shape index (κ3) is 5.36. The number of nitrogens with zero attached hydrogens (tertiary/aromatic N) is 2. The first-order valence-electron chi connectivity index (χ1n) is 10.7. The Morgan fingerprint density at radius 3 is 2.53 bits per heavy atom. The van der Waals surface area contributed by atoms with Crippen molar-refractivity contribution in [1.29, 1.82) is 0 Å². The molecule has 2 atom stereocenters. The highest BCUT2D eigenvalue weighted by Gasteiger charge is 2.21. The van der Waals surface area contributed by atoms with E-state index in [2.05, 4.69) is 53.3 Å². The molecule has 1 amide bonds. The number of piperidine rings is 1. The summed E-state index contributed by atoms with van der Waals surface area (Å²) in [5, 5.41) is 2.91. The van der Waals surface area contributed by atoms with E-state index < -0.39 is 0 Å². The Morgan fingerprint density at radius 1 is 1.10 bits per heavy atom. The Kier molecular flexibility index (Phi) is 6.29. The van der Waals surface area contributed by atoms with Gasteiger partial charge in [-0.3, -0.25) is 9.69 Å². The first-order valence-corrected chi connectivity index (χ1v) is 10.7. The monoisotopic (exact) mass is 403 g/mol. The van der Waals surface area contributed by atoms with Crippen molar-refractivity contribution in [2.24, 2.45) is 11.8 Å². The molecular weight excluding hydrogens is 374 g/mol. The number of para-hydroxylation sites is 2. The summed E-state index contributed by atoms with van der Waals surface area (Å²) < 4.78 is 5.59. The first-order chi connectivity index (χ1) is 14.5. The Balaban J connectivity index is 1.26. The van der Waals surface area contributed by atoms with E-state index in [1.165, 1.54) is 31.1 Å². The van der Waals surface area contributed by atoms with Gasteiger partial charge in [-0.2, -0.15) is 0 Å². The molecule has 1 fully saturated rings. The molecule has 1 N–H and O–H groups in total. The van der Waals surface area contributed by atoms with Crippen LogP contribution in [0.2, 0.25) is 0 Å². The smallest absolute Gasteiger partial charge is 0.244 e. The molecule has 1 aliphatic rings. The van der Waals surface area contributed by atoms with Crippen molar-refractivity contribution in [1.82, 2.24) is 15.2 Å². The minimum atomic E-state index is -0.169. The molecule has 1 aromatic heterocycles. The molecule has 0 spiro atoms. The van der Waals surface area contributed by atoms with Gasteiger partial charge in [0.2, 0.25) is 11.8 Å². The maximum absolute atomic E-state index is 12.1. The van der Waals surface area contributed by atoms with Crippen LogP contribution in [0.1, 0.15) is 37.3 Å². The highest BCUT2D eigenvalue weighted by molar-refractivity contribution is 5.91. The second kappa shape index (κ2) is 9.26. The van der Waals surface area contributed by atoms with Crippen molar-refractivity contribution in [3.05, 3.63) is 71.6 Å². The van der Waals surface area contributed by atoms with Crippen LogP contribution >= 0.6 is 0 Å². The van der Waals surface area contributed by atoms with Gasteiger partial charge in [-0.05, 0) is 41.5 Å². The van der Waals surface area contributed by atoms with Gasteiger partial charge < -0.3 is 9.73 Å². The Morgan fingerprint density at radius 2 is 1.80 bits per heavy atom. The fourth-order valence-corrected chi connectivity index (χ4v) is 4.30. The van der Waals surface area contributed by atoms with E-state index in [4.69, 9.17) is 4.42 Å². The van der Waals surface area contributed by atoms with Gasteiger partial charge in [-0.1, -0.05) is 50.2 Å². The largest absolute Gasteiger partial charge is 0.437 e. The molecule has 5 heteroatoms. The summed E-state index contributed by atoms with van der Waals surface area (Å²) in [4.78, 5) is 19.0. The molecule has 1 saturated heterocycles. The molecule has 0 bridgehead atoms. The predicted molar refractivity (Wildman–Crippen MR) is 120 cm³/mol. The van der Waals surface area contributed by atoms with Gasteiger partial charge in [0.25, 0.3) is 0 Å². The van der Waals surface area contributed by atoms with Crippen molar-refractivity contribution < 1.29 is 9.21 Å². The summed E-state index contributed by atoms with van der Waals surface area (Å²) in [6.07, 6.45) is 4.38. The van der Waals surface area contributed by atoms with Crippen LogP contribution in [0.5, 0.6) is 0 Å². The standard InChI is InChI=1S/C25H29N3O2/c1-18-13-19(2)16-28(15-18)17-21-9-7-20(8-10-21)14-26-24(29)11-12-25-27-22-5-3-4-6-23(22)30-25/h3-12,18-19H,13-17H2,1-2H3,(H,26,29). The van der Waals surface area contributed by atoms with Gasteiger partial charge in [0.05, 0.1) is 0 Å². The second-order valence-corrected chi connectivity index (χ2v) is 8.53. The Labute approximate surface area is 177 Å². The van der Waals surface area contributed by atoms with Crippen molar-refractivity contribution >= 4 is 23.1 Å². The molecule has 0 saturated carbocycles. The van der Waals surface area contributed by atoms with Gasteiger partial charge in [0, 0.05) is 38.3 Å². The van der Waals surface area contributed by atoms with E-state index in [9.17, 15) is 4.79 Å². The third-order valence-electron chi connectivity index (χ3n) is 5.53. The van der Waals surface area contributed by atoms with Crippen molar-refractivity contribution in [3.63, 3.8) is 0 Å². The van der Waals surface area contributed by atoms with Gasteiger partial charge in [0.15, 0.2) is 5.58 Å². The van der Waals surface area contributed by atoms with Gasteiger partial charge >= 0.3 is 0 Å². The number of aromatic nitrogens is 1. The number of rotatable bonds is 6. The molecule has 156 valence electrons. The summed E-state index contributed by atoms with van der Waals surface area (Å²) in [5.74, 6) is 1.80. The molecule has 2 heterocycles. The van der Waals surface area contributed by atoms with Crippen LogP contribution in [-0.4, -0.2) is 28.9 Å². The van der Waals surface area contributed by atoms with Gasteiger partial charge in [-0.25, -0.2) is 4.98 Å². The number of nitrogens with one attached hydrogen (secondary N) is 1. The lowest BCUT2D eigenvalue weighted by Gasteiger charge is -2.35. The van der Waals surface area contributed by atoms with Crippen LogP contribution in [0.25, 0.3) is 17.2 Å². The van der Waals surface area contributed by atoms with Crippen molar-refractivity contribution in [2.75, 3.05) is 13.1 Å². The van der Waals surface area contributed by atoms with E-state index in [1.807, 2.05) is 24.3 Å². The van der Waals surface area contributed by atoms with Crippen LogP contribution < -0.4 is 5.32 Å². The quantitative estimate of drug-likeness (QED) is 0.610. The highest BCUT2D eigenvalue weighted by Crippen LogP contribution is 2.22. The molecule has 2 unspecified atom stereocenters. The van der Waals surface area contributed by atoms with Crippen LogP contribution in [0, 0.1) is 11.8 Å². The molecular formula is C25H29N3O2. The number of amides is 1. The minimum Gasteiger partial charge on any atom is -0.437 e. The van der Waals surface area contributed by atoms with Crippen LogP contribution in [0.15, 0.2) is 59.0 Å². The molecule has 1 aliphatic heterocycles. The van der Waals surface area contributed by atoms with E-state index >= 15 is 0 Å². The Bertz CT molecular complexity index is 979. The summed E-state index contributed by atoms with van der Waals surface area (Å²) >= 11 is 0. The van der Waals surface area contributed by atoms with E-state index in [-0.39, 0.29) is 5.91 Å². The number of oxazole rings is 1. The minimum absolute atomic E-state index is 0.169. The molecule has 30 heavy (non-hydrogen) atoms. The second-order valence-electron chi connectivity index (χ2n) is 8.53. The summed E-state index contributed by atoms with van der Waals surface area (Å²) in [6.45, 7) is 8.52. The predicted octanol–water partition coefficient (Wildman–Crippen LogP) is 4.64. The molecule has 0 radical (unpaired) electrons. The van der Waals surface area contributed by atoms with Crippen molar-refractivity contribution in [2.45, 2.75) is 33.4 Å². The number of hydrogen-bond donors (Lipinski definition) is 1. The zero-order chi connectivity index (χ0) is 20.9. The topological polar surface area (TPSA) is 58.4 Å². The fraction of sp³-hybridized carbons (Fsp3) is 0.360. The lowest BCUT2D eigenvalue weighted by atomic mass is 9.91. The number of hydrogen-bond acceptors (Lipinski definition) is 4. The molecule has 2 aromatic carbocycles. The Hall–Kier alpha value is -2.92. The van der Waals surface area contributed by atoms with Crippen LogP contribution in [0.3, 0.4) is 0 Å². The lowest BCUT2D eigenvalue weighted by molar-refractivity contribution is -0.116. The van der Waals surface area contributed by atoms with Crippen molar-refractivity contribution in [3.8, 4) is 0 Å². The maximum atomic E-state index is 12.1. The zero-order valence-corrected chi connectivity index (χ0v) is 17.7. The number of carbonyl (C=O) groups is 1. The van der Waals surface area contributed by atoms with Crippen LogP contribution in [0.4, 0.5) is 0 Å². The summed E-state index contributed by atoms with van der Waals surface area (Å²) in [6, 6.07) is 16.1. The average molecular weight is 404 g/mol. The molecule has 5 nitrogen and oxygen atoms in total. The normalized spacial score (nSPS) is 20.1. The maximum Gasteiger partial charge on any atom is 0.244 e. The molecule has 4 rings (SSSR count). The van der Waals surface area contributed by atoms with E-state index in [0.29, 0.717) is 18.0 Å². The first kappa shape index (κ1) is 20.4. The average Bonchev–Trinajstić information content (AvgIpc) is 3.14. The number of fused-ring (bicyclic) bond motifs is 1. The summed E-state index contributed by atoms with van der Waals surface area (Å²) in [7, 11) is 0. The van der Waals surface area contributed by atoms with Gasteiger partial charge in [-0.15, -0.1) is 0 Å². The molecule has 0 aliphatic carbocycles.